The van der Waals surface area contributed by atoms with Gasteiger partial charge in [0.1, 0.15) is 10.8 Å². The lowest BCUT2D eigenvalue weighted by molar-refractivity contribution is 0.0942. The van der Waals surface area contributed by atoms with E-state index in [1.165, 1.54) is 19.3 Å². The van der Waals surface area contributed by atoms with Gasteiger partial charge in [-0.3, -0.25) is 4.79 Å². The third-order valence-electron chi connectivity index (χ3n) is 4.28. The van der Waals surface area contributed by atoms with E-state index in [2.05, 4.69) is 17.2 Å². The number of hydrogen-bond acceptors (Lipinski definition) is 2. The summed E-state index contributed by atoms with van der Waals surface area (Å²) in [5.74, 6) is 1.24. The Hall–Kier alpha value is -1.61. The number of rotatable bonds is 3. The fourth-order valence-corrected chi connectivity index (χ4v) is 3.37. The molecule has 1 N–H and O–H groups in total. The largest absolute Gasteiger partial charge is 0.350 e. The van der Waals surface area contributed by atoms with E-state index in [0.29, 0.717) is 16.8 Å². The number of nitrogens with zero attached hydrogens (tertiary/aromatic N) is 1. The smallest absolute Gasteiger partial charge is 0.269 e. The molecule has 110 valence electrons. The molecule has 0 saturated heterocycles. The Bertz CT molecular complexity index is 671. The van der Waals surface area contributed by atoms with Crippen LogP contribution in [-0.4, -0.2) is 17.4 Å². The summed E-state index contributed by atoms with van der Waals surface area (Å²) in [6.07, 6.45) is 3.67. The predicted molar refractivity (Wildman–Crippen MR) is 85.6 cm³/mol. The van der Waals surface area contributed by atoms with Crippen LogP contribution in [0.15, 0.2) is 30.3 Å². The maximum atomic E-state index is 12.2. The number of fused-ring (bicyclic) bond motifs is 1. The number of carbonyl (C=O) groups excluding carboxylic acids is 1. The van der Waals surface area contributed by atoms with Crippen molar-refractivity contribution < 1.29 is 4.79 Å². The molecule has 1 saturated carbocycles. The highest BCUT2D eigenvalue weighted by atomic mass is 35.5. The van der Waals surface area contributed by atoms with Crippen molar-refractivity contribution in [3.63, 3.8) is 0 Å². The van der Waals surface area contributed by atoms with E-state index in [9.17, 15) is 4.79 Å². The van der Waals surface area contributed by atoms with Crippen molar-refractivity contribution in [3.05, 3.63) is 41.2 Å². The first-order valence-electron chi connectivity index (χ1n) is 7.47. The molecule has 1 aliphatic rings. The van der Waals surface area contributed by atoms with Crippen molar-refractivity contribution in [2.45, 2.75) is 26.2 Å². The average molecular weight is 303 g/mol. The van der Waals surface area contributed by atoms with Crippen molar-refractivity contribution in [1.29, 1.82) is 0 Å². The molecule has 1 aromatic heterocycles. The van der Waals surface area contributed by atoms with E-state index >= 15 is 0 Å². The predicted octanol–water partition coefficient (Wildman–Crippen LogP) is 4.05. The van der Waals surface area contributed by atoms with Crippen LogP contribution < -0.4 is 5.32 Å². The highest BCUT2D eigenvalue weighted by Crippen LogP contribution is 2.29. The maximum Gasteiger partial charge on any atom is 0.269 e. The molecular formula is C17H19ClN2O. The van der Waals surface area contributed by atoms with Crippen LogP contribution in [0.2, 0.25) is 5.15 Å². The second-order valence-electron chi connectivity index (χ2n) is 6.01. The van der Waals surface area contributed by atoms with E-state index in [-0.39, 0.29) is 5.91 Å². The van der Waals surface area contributed by atoms with Gasteiger partial charge in [-0.25, -0.2) is 4.98 Å². The van der Waals surface area contributed by atoms with Crippen LogP contribution in [0.1, 0.15) is 36.7 Å². The maximum absolute atomic E-state index is 12.2. The average Bonchev–Trinajstić information content (AvgIpc) is 2.90. The quantitative estimate of drug-likeness (QED) is 0.869. The number of hydrogen-bond donors (Lipinski definition) is 1. The van der Waals surface area contributed by atoms with E-state index in [1.807, 2.05) is 24.3 Å². The highest BCUT2D eigenvalue weighted by Gasteiger charge is 2.22. The van der Waals surface area contributed by atoms with Gasteiger partial charge in [-0.2, -0.15) is 0 Å². The summed E-state index contributed by atoms with van der Waals surface area (Å²) < 4.78 is 0. The van der Waals surface area contributed by atoms with Gasteiger partial charge in [-0.1, -0.05) is 49.2 Å². The molecule has 0 aliphatic heterocycles. The summed E-state index contributed by atoms with van der Waals surface area (Å²) in [7, 11) is 0. The molecule has 0 spiro atoms. The fourth-order valence-electron chi connectivity index (χ4n) is 3.11. The normalized spacial score (nSPS) is 21.6. The van der Waals surface area contributed by atoms with Crippen LogP contribution in [0, 0.1) is 11.8 Å². The molecule has 2 aromatic rings. The van der Waals surface area contributed by atoms with Crippen LogP contribution in [0.3, 0.4) is 0 Å². The summed E-state index contributed by atoms with van der Waals surface area (Å²) in [4.78, 5) is 16.5. The Balaban J connectivity index is 1.72. The van der Waals surface area contributed by atoms with Gasteiger partial charge in [0.25, 0.3) is 5.91 Å². The first-order valence-corrected chi connectivity index (χ1v) is 7.85. The van der Waals surface area contributed by atoms with Gasteiger partial charge >= 0.3 is 0 Å². The summed E-state index contributed by atoms with van der Waals surface area (Å²) in [5.41, 5.74) is 0.393. The zero-order valence-electron chi connectivity index (χ0n) is 12.1. The number of nitrogens with one attached hydrogen (secondary N) is 1. The number of pyridine rings is 1. The van der Waals surface area contributed by atoms with Gasteiger partial charge in [0.05, 0.1) is 0 Å². The lowest BCUT2D eigenvalue weighted by Crippen LogP contribution is -2.29. The van der Waals surface area contributed by atoms with Gasteiger partial charge in [-0.05, 0) is 36.1 Å². The van der Waals surface area contributed by atoms with E-state index in [4.69, 9.17) is 11.6 Å². The molecule has 2 unspecified atom stereocenters. The second-order valence-corrected chi connectivity index (χ2v) is 6.37. The molecule has 0 radical (unpaired) electrons. The van der Waals surface area contributed by atoms with Gasteiger partial charge in [0.15, 0.2) is 0 Å². The first kappa shape index (κ1) is 14.3. The minimum atomic E-state index is -0.137. The number of carbonyl (C=O) groups is 1. The molecule has 1 fully saturated rings. The van der Waals surface area contributed by atoms with Gasteiger partial charge in [0.2, 0.25) is 0 Å². The fraction of sp³-hybridized carbons (Fsp3) is 0.412. The Labute approximate surface area is 129 Å². The van der Waals surface area contributed by atoms with Crippen LogP contribution in [0.5, 0.6) is 0 Å². The lowest BCUT2D eigenvalue weighted by Gasteiger charge is -2.11. The lowest BCUT2D eigenvalue weighted by atomic mass is 10.1. The minimum Gasteiger partial charge on any atom is -0.350 e. The van der Waals surface area contributed by atoms with Gasteiger partial charge in [-0.15, -0.1) is 0 Å². The zero-order valence-corrected chi connectivity index (χ0v) is 12.9. The Kier molecular flexibility index (Phi) is 4.11. The van der Waals surface area contributed by atoms with Crippen LogP contribution in [-0.2, 0) is 0 Å². The van der Waals surface area contributed by atoms with Crippen LogP contribution in [0.4, 0.5) is 0 Å². The molecule has 3 nitrogen and oxygen atoms in total. The first-order chi connectivity index (χ1) is 10.1. The third kappa shape index (κ3) is 3.18. The topological polar surface area (TPSA) is 42.0 Å². The minimum absolute atomic E-state index is 0.137. The number of amides is 1. The molecule has 1 amide bonds. The van der Waals surface area contributed by atoms with Gasteiger partial charge in [0, 0.05) is 11.9 Å². The molecule has 1 aromatic carbocycles. The summed E-state index contributed by atoms with van der Waals surface area (Å²) in [5, 5.41) is 5.19. The summed E-state index contributed by atoms with van der Waals surface area (Å²) >= 11 is 6.16. The molecule has 4 heteroatoms. The summed E-state index contributed by atoms with van der Waals surface area (Å²) in [6.45, 7) is 3.00. The molecule has 3 rings (SSSR count). The Morgan fingerprint density at radius 2 is 2.19 bits per heavy atom. The zero-order chi connectivity index (χ0) is 14.8. The molecular weight excluding hydrogens is 284 g/mol. The van der Waals surface area contributed by atoms with Crippen LogP contribution in [0.25, 0.3) is 10.8 Å². The molecule has 1 aliphatic carbocycles. The van der Waals surface area contributed by atoms with Crippen molar-refractivity contribution in [2.75, 3.05) is 6.54 Å². The number of benzene rings is 1. The van der Waals surface area contributed by atoms with E-state index < -0.39 is 0 Å². The number of aromatic nitrogens is 1. The summed E-state index contributed by atoms with van der Waals surface area (Å²) in [6, 6.07) is 9.50. The number of halogens is 1. The standard InChI is InChI=1S/C17H19ClN2O/c1-11-6-7-12(8-11)10-19-17(21)15-9-13-4-2-3-5-14(13)16(18)20-15/h2-5,9,11-12H,6-8,10H2,1H3,(H,19,21). The third-order valence-corrected chi connectivity index (χ3v) is 4.57. The molecule has 21 heavy (non-hydrogen) atoms. The van der Waals surface area contributed by atoms with Crippen molar-refractivity contribution in [3.8, 4) is 0 Å². The van der Waals surface area contributed by atoms with Gasteiger partial charge < -0.3 is 5.32 Å². The van der Waals surface area contributed by atoms with E-state index in [0.717, 1.165) is 23.2 Å². The Morgan fingerprint density at radius 3 is 2.95 bits per heavy atom. The highest BCUT2D eigenvalue weighted by molar-refractivity contribution is 6.34. The SMILES string of the molecule is CC1CCC(CNC(=O)c2cc3ccccc3c(Cl)n2)C1. The molecule has 2 atom stereocenters. The van der Waals surface area contributed by atoms with Crippen LogP contribution >= 0.6 is 11.6 Å². The van der Waals surface area contributed by atoms with E-state index in [1.54, 1.807) is 6.07 Å². The molecule has 0 bridgehead atoms. The Morgan fingerprint density at radius 1 is 1.38 bits per heavy atom. The molecule has 1 heterocycles. The second kappa shape index (κ2) is 6.02. The monoisotopic (exact) mass is 302 g/mol. The van der Waals surface area contributed by atoms with Crippen molar-refractivity contribution in [1.82, 2.24) is 10.3 Å². The van der Waals surface area contributed by atoms with Crippen molar-refractivity contribution >= 4 is 28.3 Å². The van der Waals surface area contributed by atoms with Crippen molar-refractivity contribution in [2.24, 2.45) is 11.8 Å².